The standard InChI is InChI=1S/C28H42O4Si/c1-21(17-18-24(29)19-26(30)32-28(4,5)6)13-12-14-22(2)27(31)23(3)20-33(7,8)25-15-10-9-11-16-25/h9-16,20,22,27,31H,17-19H2,1-8H3/b14-12+,21-13-,23-20+/t22-,27-/m0/s1. The fourth-order valence-electron chi connectivity index (χ4n) is 3.57. The van der Waals surface area contributed by atoms with Gasteiger partial charge < -0.3 is 9.84 Å². The van der Waals surface area contributed by atoms with Crippen molar-refractivity contribution in [3.05, 3.63) is 65.4 Å². The quantitative estimate of drug-likeness (QED) is 0.196. The number of benzene rings is 1. The zero-order valence-electron chi connectivity index (χ0n) is 21.6. The average molecular weight is 471 g/mol. The van der Waals surface area contributed by atoms with Gasteiger partial charge in [0, 0.05) is 12.3 Å². The summed E-state index contributed by atoms with van der Waals surface area (Å²) in [4.78, 5) is 23.8. The third kappa shape index (κ3) is 11.4. The number of carbonyl (C=O) groups is 2. The maximum absolute atomic E-state index is 12.0. The summed E-state index contributed by atoms with van der Waals surface area (Å²) in [6.07, 6.45) is 6.08. The van der Waals surface area contributed by atoms with E-state index >= 15 is 0 Å². The van der Waals surface area contributed by atoms with Crippen LogP contribution in [0.5, 0.6) is 0 Å². The van der Waals surface area contributed by atoms with Crippen LogP contribution in [0.2, 0.25) is 13.1 Å². The van der Waals surface area contributed by atoms with Gasteiger partial charge in [0.15, 0.2) is 0 Å². The summed E-state index contributed by atoms with van der Waals surface area (Å²) in [5.41, 5.74) is 3.75. The summed E-state index contributed by atoms with van der Waals surface area (Å²) in [7, 11) is -1.77. The van der Waals surface area contributed by atoms with E-state index in [1.807, 2.05) is 45.1 Å². The molecule has 0 saturated carbocycles. The van der Waals surface area contributed by atoms with E-state index in [0.717, 1.165) is 11.1 Å². The Bertz CT molecular complexity index is 873. The minimum Gasteiger partial charge on any atom is -0.460 e. The van der Waals surface area contributed by atoms with Crippen molar-refractivity contribution in [3.63, 3.8) is 0 Å². The largest absolute Gasteiger partial charge is 0.460 e. The Hall–Kier alpha value is -2.24. The van der Waals surface area contributed by atoms with Crippen molar-refractivity contribution in [3.8, 4) is 0 Å². The molecule has 0 aliphatic rings. The Balaban J connectivity index is 2.59. The number of esters is 1. The zero-order valence-corrected chi connectivity index (χ0v) is 22.6. The van der Waals surface area contributed by atoms with Gasteiger partial charge in [-0.15, -0.1) is 0 Å². The molecule has 0 aliphatic heterocycles. The molecule has 1 rings (SSSR count). The van der Waals surface area contributed by atoms with Crippen LogP contribution in [0.25, 0.3) is 0 Å². The number of hydrogen-bond donors (Lipinski definition) is 1. The van der Waals surface area contributed by atoms with E-state index in [0.29, 0.717) is 12.8 Å². The first-order valence-electron chi connectivity index (χ1n) is 11.7. The molecule has 0 aromatic heterocycles. The molecule has 1 aromatic carbocycles. The van der Waals surface area contributed by atoms with E-state index in [1.165, 1.54) is 5.19 Å². The van der Waals surface area contributed by atoms with Gasteiger partial charge in [0.1, 0.15) is 25.9 Å². The van der Waals surface area contributed by atoms with Crippen LogP contribution in [0.3, 0.4) is 0 Å². The van der Waals surface area contributed by atoms with Gasteiger partial charge in [-0.2, -0.15) is 0 Å². The summed E-state index contributed by atoms with van der Waals surface area (Å²) < 4.78 is 5.19. The van der Waals surface area contributed by atoms with Gasteiger partial charge in [0.2, 0.25) is 0 Å². The molecule has 0 fully saturated rings. The zero-order chi connectivity index (χ0) is 25.2. The molecule has 0 spiro atoms. The topological polar surface area (TPSA) is 63.6 Å². The second-order valence-electron chi connectivity index (χ2n) is 10.5. The highest BCUT2D eigenvalue weighted by Gasteiger charge is 2.23. The highest BCUT2D eigenvalue weighted by molar-refractivity contribution is 6.94. The minimum absolute atomic E-state index is 0.0281. The van der Waals surface area contributed by atoms with Crippen LogP contribution in [0.15, 0.2) is 65.4 Å². The van der Waals surface area contributed by atoms with Gasteiger partial charge in [0.25, 0.3) is 0 Å². The van der Waals surface area contributed by atoms with Crippen molar-refractivity contribution < 1.29 is 19.4 Å². The molecule has 1 aromatic rings. The first kappa shape index (κ1) is 28.8. The molecule has 0 unspecified atom stereocenters. The lowest BCUT2D eigenvalue weighted by Gasteiger charge is -2.23. The molecular formula is C28H42O4Si. The number of hydrogen-bond acceptors (Lipinski definition) is 4. The summed E-state index contributed by atoms with van der Waals surface area (Å²) in [5.74, 6) is -0.617. The maximum atomic E-state index is 12.0. The van der Waals surface area contributed by atoms with E-state index in [9.17, 15) is 14.7 Å². The van der Waals surface area contributed by atoms with Crippen LogP contribution in [0.1, 0.15) is 60.8 Å². The van der Waals surface area contributed by atoms with Crippen LogP contribution in [-0.2, 0) is 14.3 Å². The van der Waals surface area contributed by atoms with E-state index in [4.69, 9.17) is 4.74 Å². The smallest absolute Gasteiger partial charge is 0.313 e. The molecule has 0 amide bonds. The fourth-order valence-corrected chi connectivity index (χ4v) is 6.09. The number of ether oxygens (including phenoxy) is 1. The molecule has 2 atom stereocenters. The normalized spacial score (nSPS) is 15.4. The Labute approximate surface area is 201 Å². The molecular weight excluding hydrogens is 428 g/mol. The first-order valence-corrected chi connectivity index (χ1v) is 14.8. The summed E-state index contributed by atoms with van der Waals surface area (Å²) in [6.45, 7) is 15.9. The first-order chi connectivity index (χ1) is 15.2. The molecule has 5 heteroatoms. The van der Waals surface area contributed by atoms with Crippen LogP contribution < -0.4 is 5.19 Å². The Morgan fingerprint density at radius 2 is 1.70 bits per heavy atom. The van der Waals surface area contributed by atoms with Gasteiger partial charge in [-0.1, -0.05) is 90.6 Å². The lowest BCUT2D eigenvalue weighted by atomic mass is 9.98. The monoisotopic (exact) mass is 470 g/mol. The second-order valence-corrected chi connectivity index (χ2v) is 14.8. The third-order valence-electron chi connectivity index (χ3n) is 5.43. The van der Waals surface area contributed by atoms with Crippen molar-refractivity contribution in [2.24, 2.45) is 5.92 Å². The highest BCUT2D eigenvalue weighted by atomic mass is 28.3. The minimum atomic E-state index is -1.77. The number of Topliss-reactive ketones (excluding diaryl/α,β-unsaturated/α-hetero) is 1. The summed E-state index contributed by atoms with van der Waals surface area (Å²) in [6, 6.07) is 10.5. The number of carbonyl (C=O) groups excluding carboxylic acids is 2. The van der Waals surface area contributed by atoms with Crippen molar-refractivity contribution in [2.45, 2.75) is 85.6 Å². The number of aliphatic hydroxyl groups is 1. The fraction of sp³-hybridized carbons (Fsp3) is 0.500. The maximum Gasteiger partial charge on any atom is 0.313 e. The predicted octanol–water partition coefficient (Wildman–Crippen LogP) is 5.67. The Kier molecular flexibility index (Phi) is 11.2. The SMILES string of the molecule is C/C(=C/C=C/[C@H](C)[C@H](O)/C(C)=C/[Si](C)(C)c1ccccc1)CCC(=O)CC(=O)OC(C)(C)C. The number of ketones is 1. The summed E-state index contributed by atoms with van der Waals surface area (Å²) >= 11 is 0. The Morgan fingerprint density at radius 1 is 1.09 bits per heavy atom. The Morgan fingerprint density at radius 3 is 2.27 bits per heavy atom. The molecule has 1 N–H and O–H groups in total. The van der Waals surface area contributed by atoms with Crippen LogP contribution in [0.4, 0.5) is 0 Å². The molecule has 0 radical (unpaired) electrons. The molecule has 0 bridgehead atoms. The average Bonchev–Trinajstić information content (AvgIpc) is 2.70. The molecule has 0 aliphatic carbocycles. The lowest BCUT2D eigenvalue weighted by Crippen LogP contribution is -2.40. The van der Waals surface area contributed by atoms with Crippen LogP contribution in [0, 0.1) is 5.92 Å². The summed E-state index contributed by atoms with van der Waals surface area (Å²) in [5, 5.41) is 12.1. The van der Waals surface area contributed by atoms with Crippen molar-refractivity contribution in [1.82, 2.24) is 0 Å². The van der Waals surface area contributed by atoms with Crippen molar-refractivity contribution >= 4 is 25.0 Å². The number of allylic oxidation sites excluding steroid dienone is 3. The van der Waals surface area contributed by atoms with Gasteiger partial charge in [-0.3, -0.25) is 9.59 Å². The van der Waals surface area contributed by atoms with Gasteiger partial charge >= 0.3 is 5.97 Å². The third-order valence-corrected chi connectivity index (χ3v) is 8.42. The lowest BCUT2D eigenvalue weighted by molar-refractivity contribution is -0.156. The molecule has 33 heavy (non-hydrogen) atoms. The molecule has 0 saturated heterocycles. The highest BCUT2D eigenvalue weighted by Crippen LogP contribution is 2.18. The van der Waals surface area contributed by atoms with E-state index in [-0.39, 0.29) is 18.1 Å². The van der Waals surface area contributed by atoms with Gasteiger partial charge in [-0.25, -0.2) is 0 Å². The predicted molar refractivity (Wildman–Crippen MR) is 140 cm³/mol. The molecule has 0 heterocycles. The van der Waals surface area contributed by atoms with E-state index < -0.39 is 25.7 Å². The van der Waals surface area contributed by atoms with Crippen LogP contribution in [-0.4, -0.2) is 36.6 Å². The van der Waals surface area contributed by atoms with Crippen molar-refractivity contribution in [2.75, 3.05) is 0 Å². The van der Waals surface area contributed by atoms with Crippen molar-refractivity contribution in [1.29, 1.82) is 0 Å². The van der Waals surface area contributed by atoms with E-state index in [2.05, 4.69) is 43.1 Å². The molecule has 4 nitrogen and oxygen atoms in total. The van der Waals surface area contributed by atoms with Gasteiger partial charge in [0.05, 0.1) is 6.10 Å². The second kappa shape index (κ2) is 12.9. The molecule has 182 valence electrons. The number of aliphatic hydroxyl groups excluding tert-OH is 1. The number of rotatable bonds is 11. The van der Waals surface area contributed by atoms with E-state index in [1.54, 1.807) is 20.8 Å². The van der Waals surface area contributed by atoms with Gasteiger partial charge in [-0.05, 0) is 41.0 Å². The van der Waals surface area contributed by atoms with Crippen LogP contribution >= 0.6 is 0 Å².